The number of aryl methyl sites for hydroxylation is 2. The van der Waals surface area contributed by atoms with Crippen LogP contribution in [0.4, 0.5) is 56.9 Å². The summed E-state index contributed by atoms with van der Waals surface area (Å²) in [5, 5.41) is 0. The fourth-order valence-corrected chi connectivity index (χ4v) is 16.3. The molecule has 0 fully saturated rings. The second kappa shape index (κ2) is 16.4. The quantitative estimate of drug-likeness (QED) is 0.163. The molecule has 4 nitrogen and oxygen atoms in total. The maximum absolute atomic E-state index is 2.79. The van der Waals surface area contributed by atoms with Crippen molar-refractivity contribution in [2.45, 2.75) is 128 Å². The number of fused-ring (bicyclic) bond motifs is 14. The highest BCUT2D eigenvalue weighted by atomic mass is 15.3. The topological polar surface area (TPSA) is 13.0 Å². The second-order valence-electron chi connectivity index (χ2n) is 26.7. The smallest absolute Gasteiger partial charge is 0.252 e. The predicted octanol–water partition coefficient (Wildman–Crippen LogP) is 16.9. The van der Waals surface area contributed by atoms with Crippen LogP contribution in [0.2, 0.25) is 0 Å². The van der Waals surface area contributed by atoms with Gasteiger partial charge in [-0.2, -0.15) is 0 Å². The lowest BCUT2D eigenvalue weighted by Gasteiger charge is -2.52. The molecule has 0 aromatic heterocycles. The first kappa shape index (κ1) is 48.4. The molecule has 15 rings (SSSR count). The molecular formula is C74H71BN4. The van der Waals surface area contributed by atoms with Crippen LogP contribution < -0.4 is 36.0 Å². The molecule has 0 saturated carbocycles. The zero-order valence-corrected chi connectivity index (χ0v) is 47.7. The number of rotatable bonds is 4. The van der Waals surface area contributed by atoms with E-state index in [1.165, 1.54) is 106 Å². The molecule has 0 radical (unpaired) electrons. The maximum Gasteiger partial charge on any atom is 0.252 e. The highest BCUT2D eigenvalue weighted by molar-refractivity contribution is 7.00. The molecule has 4 unspecified atom stereocenters. The lowest BCUT2D eigenvalue weighted by molar-refractivity contribution is 0.245. The molecule has 0 N–H and O–H groups in total. The average molecular weight is 1030 g/mol. The molecule has 4 atom stereocenters. The molecule has 79 heavy (non-hydrogen) atoms. The summed E-state index contributed by atoms with van der Waals surface area (Å²) >= 11 is 0. The summed E-state index contributed by atoms with van der Waals surface area (Å²) in [5.41, 5.74) is 26.5. The number of nitrogens with zero attached hydrogens (tertiary/aromatic N) is 4. The third-order valence-corrected chi connectivity index (χ3v) is 20.8. The third-order valence-electron chi connectivity index (χ3n) is 20.8. The largest absolute Gasteiger partial charge is 0.330 e. The van der Waals surface area contributed by atoms with E-state index in [1.54, 1.807) is 0 Å². The Morgan fingerprint density at radius 2 is 0.810 bits per heavy atom. The van der Waals surface area contributed by atoms with Crippen molar-refractivity contribution in [1.29, 1.82) is 0 Å². The van der Waals surface area contributed by atoms with Crippen molar-refractivity contribution in [3.8, 4) is 0 Å². The Balaban J connectivity index is 1.05. The fraction of sp³-hybridized carbons (Fsp3) is 0.270. The molecule has 9 aromatic rings. The van der Waals surface area contributed by atoms with E-state index in [2.05, 4.69) is 289 Å². The Kier molecular flexibility index (Phi) is 10.1. The SMILES string of the molecule is CC(C)(C)c1ccc(N2c3cc(N4c5ccccc5C5(C)CCc6ccccc6C45C)ccc3B3c4ccccc4N(c4ccccc4)c4cc(N5c6ccc(C(C)(C)C)cc6C6(C)CCc7ccccc7C56C)cc2c43)cc1. The third kappa shape index (κ3) is 6.39. The first-order chi connectivity index (χ1) is 37.9. The Labute approximate surface area is 469 Å². The monoisotopic (exact) mass is 1030 g/mol. The molecule has 0 saturated heterocycles. The Morgan fingerprint density at radius 3 is 1.44 bits per heavy atom. The molecular weight excluding hydrogens is 956 g/mol. The summed E-state index contributed by atoms with van der Waals surface area (Å²) in [5.74, 6) is 0. The standard InChI is InChI=1S/C74H71BN4/c1-69(2,3)50-32-35-53(36-33-50)77-65-45-54(78-62-30-20-18-28-58(62)71(7)42-40-48-22-14-16-26-56(48)73(71,78)9)37-38-61(65)75-60-29-19-21-31-64(60)76(52-24-12-11-13-25-52)66-46-55(47-67(77)68(66)75)79-63-39-34-51(70(4,5)6)44-59(63)72(8)43-41-49-23-15-17-27-57(49)74(72,79)10/h11-39,44-47H,40-43H2,1-10H3. The minimum atomic E-state index is -0.411. The summed E-state index contributed by atoms with van der Waals surface area (Å²) in [6.07, 6.45) is 4.26. The zero-order valence-electron chi connectivity index (χ0n) is 47.7. The van der Waals surface area contributed by atoms with Crippen molar-refractivity contribution in [1.82, 2.24) is 0 Å². The van der Waals surface area contributed by atoms with Crippen LogP contribution in [0, 0.1) is 0 Å². The van der Waals surface area contributed by atoms with Gasteiger partial charge in [-0.25, -0.2) is 0 Å². The Morgan fingerprint density at radius 1 is 0.354 bits per heavy atom. The summed E-state index contributed by atoms with van der Waals surface area (Å²) < 4.78 is 0. The normalized spacial score (nSPS) is 22.9. The van der Waals surface area contributed by atoms with Gasteiger partial charge in [0.2, 0.25) is 0 Å². The number of benzene rings is 9. The molecule has 0 spiro atoms. The number of hydrogen-bond donors (Lipinski definition) is 0. The van der Waals surface area contributed by atoms with Gasteiger partial charge >= 0.3 is 0 Å². The van der Waals surface area contributed by atoms with E-state index in [0.29, 0.717) is 0 Å². The van der Waals surface area contributed by atoms with Gasteiger partial charge in [0.15, 0.2) is 0 Å². The van der Waals surface area contributed by atoms with Gasteiger partial charge in [0.05, 0.1) is 11.1 Å². The molecule has 0 amide bonds. The number of anilines is 10. The van der Waals surface area contributed by atoms with E-state index in [1.807, 2.05) is 0 Å². The van der Waals surface area contributed by atoms with E-state index >= 15 is 0 Å². The maximum atomic E-state index is 2.79. The van der Waals surface area contributed by atoms with Crippen molar-refractivity contribution in [3.05, 3.63) is 245 Å². The van der Waals surface area contributed by atoms with Crippen LogP contribution in [0.5, 0.6) is 0 Å². The van der Waals surface area contributed by atoms with Crippen LogP contribution in [-0.4, -0.2) is 6.71 Å². The first-order valence-electron chi connectivity index (χ1n) is 29.1. The average Bonchev–Trinajstić information content (AvgIpc) is 4.06. The Hall–Kier alpha value is -7.76. The van der Waals surface area contributed by atoms with Gasteiger partial charge in [0.25, 0.3) is 6.71 Å². The van der Waals surface area contributed by atoms with E-state index in [-0.39, 0.29) is 33.9 Å². The van der Waals surface area contributed by atoms with Crippen LogP contribution in [-0.2, 0) is 45.6 Å². The number of para-hydroxylation sites is 3. The van der Waals surface area contributed by atoms with Gasteiger partial charge in [0.1, 0.15) is 0 Å². The Bertz CT molecular complexity index is 4000. The van der Waals surface area contributed by atoms with E-state index in [0.717, 1.165) is 37.1 Å². The lowest BCUT2D eigenvalue weighted by atomic mass is 9.33. The van der Waals surface area contributed by atoms with Crippen LogP contribution in [0.3, 0.4) is 0 Å². The van der Waals surface area contributed by atoms with E-state index < -0.39 is 5.54 Å². The highest BCUT2D eigenvalue weighted by Gasteiger charge is 2.62. The van der Waals surface area contributed by atoms with Gasteiger partial charge in [-0.1, -0.05) is 189 Å². The lowest BCUT2D eigenvalue weighted by Crippen LogP contribution is -2.61. The molecule has 5 heteroatoms. The van der Waals surface area contributed by atoms with Gasteiger partial charge in [-0.3, -0.25) is 0 Å². The highest BCUT2D eigenvalue weighted by Crippen LogP contribution is 2.66. The fourth-order valence-electron chi connectivity index (χ4n) is 16.3. The molecule has 0 bridgehead atoms. The summed E-state index contributed by atoms with van der Waals surface area (Å²) in [6, 6.07) is 78.1. The first-order valence-corrected chi connectivity index (χ1v) is 29.1. The molecule has 2 aliphatic carbocycles. The van der Waals surface area contributed by atoms with Crippen molar-refractivity contribution < 1.29 is 0 Å². The van der Waals surface area contributed by atoms with E-state index in [9.17, 15) is 0 Å². The van der Waals surface area contributed by atoms with Crippen LogP contribution in [0.15, 0.2) is 200 Å². The van der Waals surface area contributed by atoms with Crippen molar-refractivity contribution in [2.75, 3.05) is 19.6 Å². The summed E-state index contributed by atoms with van der Waals surface area (Å²) in [4.78, 5) is 10.8. The minimum Gasteiger partial charge on any atom is -0.330 e. The molecule has 9 aromatic carbocycles. The zero-order chi connectivity index (χ0) is 54.2. The molecule has 6 aliphatic rings. The van der Waals surface area contributed by atoms with Crippen molar-refractivity contribution >= 4 is 80.0 Å². The molecule has 4 heterocycles. The van der Waals surface area contributed by atoms with Gasteiger partial charge in [-0.15, -0.1) is 0 Å². The molecule has 390 valence electrons. The van der Waals surface area contributed by atoms with Crippen molar-refractivity contribution in [2.24, 2.45) is 0 Å². The minimum absolute atomic E-state index is 0.000782. The second-order valence-corrected chi connectivity index (χ2v) is 26.7. The van der Waals surface area contributed by atoms with Crippen LogP contribution in [0.1, 0.15) is 127 Å². The predicted molar refractivity (Wildman–Crippen MR) is 334 cm³/mol. The molecule has 4 aliphatic heterocycles. The van der Waals surface area contributed by atoms with Gasteiger partial charge < -0.3 is 19.6 Å². The van der Waals surface area contributed by atoms with Gasteiger partial charge in [-0.05, 0) is 178 Å². The van der Waals surface area contributed by atoms with Crippen LogP contribution >= 0.6 is 0 Å². The van der Waals surface area contributed by atoms with Crippen molar-refractivity contribution in [3.63, 3.8) is 0 Å². The van der Waals surface area contributed by atoms with Crippen LogP contribution in [0.25, 0.3) is 0 Å². The summed E-state index contributed by atoms with van der Waals surface area (Å²) in [7, 11) is 0. The summed E-state index contributed by atoms with van der Waals surface area (Å²) in [6.45, 7) is 24.2. The number of hydrogen-bond acceptors (Lipinski definition) is 4. The van der Waals surface area contributed by atoms with E-state index in [4.69, 9.17) is 0 Å². The van der Waals surface area contributed by atoms with Gasteiger partial charge in [0, 0.05) is 67.7 Å².